The number of rotatable bonds is 8. The summed E-state index contributed by atoms with van der Waals surface area (Å²) in [7, 11) is 0. The molecule has 0 unspecified atom stereocenters. The third-order valence-corrected chi connectivity index (χ3v) is 5.85. The number of halogens is 1. The molecule has 33 heavy (non-hydrogen) atoms. The molecule has 0 fully saturated rings. The SMILES string of the molecule is CCCCc1nc2c(N)nc3ccc(CNC(=O)CCl)cc3c2n1Cc1cc(O)ccc1O. The molecule has 8 nitrogen and oxygen atoms in total. The van der Waals surface area contributed by atoms with Crippen LogP contribution in [-0.4, -0.2) is 36.5 Å². The van der Waals surface area contributed by atoms with Gasteiger partial charge in [-0.25, -0.2) is 9.97 Å². The molecule has 0 saturated carbocycles. The average molecular weight is 468 g/mol. The Hall–Kier alpha value is -3.52. The number of amides is 1. The largest absolute Gasteiger partial charge is 0.508 e. The highest BCUT2D eigenvalue weighted by molar-refractivity contribution is 6.27. The van der Waals surface area contributed by atoms with Crippen LogP contribution in [0.15, 0.2) is 36.4 Å². The predicted molar refractivity (Wildman–Crippen MR) is 129 cm³/mol. The summed E-state index contributed by atoms with van der Waals surface area (Å²) in [5.41, 5.74) is 9.84. The van der Waals surface area contributed by atoms with E-state index in [2.05, 4.69) is 17.2 Å². The number of anilines is 1. The van der Waals surface area contributed by atoms with Crippen LogP contribution in [0.3, 0.4) is 0 Å². The van der Waals surface area contributed by atoms with Crippen LogP contribution in [0.25, 0.3) is 21.9 Å². The van der Waals surface area contributed by atoms with Crippen molar-refractivity contribution in [2.45, 2.75) is 39.3 Å². The first-order valence-corrected chi connectivity index (χ1v) is 11.4. The lowest BCUT2D eigenvalue weighted by molar-refractivity contribution is -0.118. The number of nitrogens with two attached hydrogens (primary N) is 1. The lowest BCUT2D eigenvalue weighted by Crippen LogP contribution is -2.23. The maximum atomic E-state index is 11.6. The molecule has 0 spiro atoms. The van der Waals surface area contributed by atoms with E-state index in [9.17, 15) is 15.0 Å². The molecule has 0 saturated heterocycles. The second-order valence-electron chi connectivity index (χ2n) is 7.99. The van der Waals surface area contributed by atoms with E-state index in [0.29, 0.717) is 35.5 Å². The van der Waals surface area contributed by atoms with Crippen LogP contribution in [0.1, 0.15) is 36.7 Å². The summed E-state index contributed by atoms with van der Waals surface area (Å²) in [6.45, 7) is 2.75. The lowest BCUT2D eigenvalue weighted by Gasteiger charge is -2.13. The van der Waals surface area contributed by atoms with Crippen molar-refractivity contribution in [2.24, 2.45) is 0 Å². The number of aromatic nitrogens is 3. The Bertz CT molecular complexity index is 1340. The first-order valence-electron chi connectivity index (χ1n) is 10.8. The van der Waals surface area contributed by atoms with Crippen LogP contribution in [0, 0.1) is 0 Å². The first kappa shape index (κ1) is 22.7. The number of alkyl halides is 1. The number of imidazole rings is 1. The van der Waals surface area contributed by atoms with Crippen molar-refractivity contribution in [1.29, 1.82) is 0 Å². The summed E-state index contributed by atoms with van der Waals surface area (Å²) >= 11 is 5.59. The monoisotopic (exact) mass is 467 g/mol. The number of aryl methyl sites for hydroxylation is 1. The average Bonchev–Trinajstić information content (AvgIpc) is 3.17. The minimum Gasteiger partial charge on any atom is -0.508 e. The lowest BCUT2D eigenvalue weighted by atomic mass is 10.1. The molecule has 172 valence electrons. The summed E-state index contributed by atoms with van der Waals surface area (Å²) in [5, 5.41) is 24.0. The van der Waals surface area contributed by atoms with E-state index < -0.39 is 0 Å². The van der Waals surface area contributed by atoms with E-state index in [1.807, 2.05) is 22.8 Å². The van der Waals surface area contributed by atoms with Gasteiger partial charge in [-0.15, -0.1) is 11.6 Å². The quantitative estimate of drug-likeness (QED) is 0.230. The van der Waals surface area contributed by atoms with Crippen LogP contribution in [0.5, 0.6) is 11.5 Å². The molecule has 1 amide bonds. The Morgan fingerprint density at radius 1 is 1.18 bits per heavy atom. The maximum absolute atomic E-state index is 11.6. The van der Waals surface area contributed by atoms with Gasteiger partial charge in [0.15, 0.2) is 5.82 Å². The fraction of sp³-hybridized carbons (Fsp3) is 0.292. The van der Waals surface area contributed by atoms with Gasteiger partial charge in [0.1, 0.15) is 28.7 Å². The third-order valence-electron chi connectivity index (χ3n) is 5.60. The van der Waals surface area contributed by atoms with Gasteiger partial charge in [0, 0.05) is 23.9 Å². The Kier molecular flexibility index (Phi) is 6.55. The number of hydrogen-bond acceptors (Lipinski definition) is 6. The number of nitrogen functional groups attached to an aromatic ring is 1. The van der Waals surface area contributed by atoms with Crippen molar-refractivity contribution in [2.75, 3.05) is 11.6 Å². The zero-order chi connectivity index (χ0) is 23.5. The van der Waals surface area contributed by atoms with Gasteiger partial charge in [-0.05, 0) is 42.3 Å². The highest BCUT2D eigenvalue weighted by Gasteiger charge is 2.19. The molecule has 0 aliphatic rings. The maximum Gasteiger partial charge on any atom is 0.235 e. The summed E-state index contributed by atoms with van der Waals surface area (Å²) in [5.74, 6) is 0.978. The number of nitrogens with zero attached hydrogens (tertiary/aromatic N) is 3. The molecule has 0 aliphatic carbocycles. The number of aromatic hydroxyl groups is 2. The Labute approximate surface area is 196 Å². The smallest absolute Gasteiger partial charge is 0.235 e. The zero-order valence-corrected chi connectivity index (χ0v) is 19.1. The Morgan fingerprint density at radius 3 is 2.76 bits per heavy atom. The minimum atomic E-state index is -0.247. The number of benzene rings is 2. The number of unbranched alkanes of at least 4 members (excludes halogenated alkanes) is 1. The normalized spacial score (nSPS) is 11.3. The zero-order valence-electron chi connectivity index (χ0n) is 18.3. The van der Waals surface area contributed by atoms with E-state index in [-0.39, 0.29) is 23.3 Å². The Balaban J connectivity index is 1.91. The van der Waals surface area contributed by atoms with Gasteiger partial charge in [-0.1, -0.05) is 19.4 Å². The fourth-order valence-corrected chi connectivity index (χ4v) is 4.02. The van der Waals surface area contributed by atoms with Crippen molar-refractivity contribution in [3.63, 3.8) is 0 Å². The van der Waals surface area contributed by atoms with Gasteiger partial charge in [0.05, 0.1) is 17.6 Å². The molecule has 0 aliphatic heterocycles. The molecule has 2 heterocycles. The van der Waals surface area contributed by atoms with Crippen molar-refractivity contribution in [3.8, 4) is 11.5 Å². The number of carbonyl (C=O) groups excluding carboxylic acids is 1. The number of phenols is 2. The molecular formula is C24H26ClN5O3. The summed E-state index contributed by atoms with van der Waals surface area (Å²) in [6.07, 6.45) is 2.67. The molecule has 2 aromatic heterocycles. The van der Waals surface area contributed by atoms with Crippen LogP contribution >= 0.6 is 11.6 Å². The number of hydrogen-bond donors (Lipinski definition) is 4. The van der Waals surface area contributed by atoms with Gasteiger partial charge in [-0.2, -0.15) is 0 Å². The topological polar surface area (TPSA) is 126 Å². The molecule has 0 atom stereocenters. The van der Waals surface area contributed by atoms with E-state index in [1.54, 1.807) is 6.07 Å². The molecule has 5 N–H and O–H groups in total. The summed E-state index contributed by atoms with van der Waals surface area (Å²) in [6, 6.07) is 10.2. The van der Waals surface area contributed by atoms with Crippen LogP contribution in [0.2, 0.25) is 0 Å². The summed E-state index contributed by atoms with van der Waals surface area (Å²) in [4.78, 5) is 20.9. The standard InChI is InChI=1S/C24H26ClN5O3/c1-2-3-4-20-29-22-23(30(20)13-15-10-16(31)6-8-19(15)32)17-9-14(12-27-21(33)11-25)5-7-18(17)28-24(22)26/h5-10,31-32H,2-4,11-13H2,1H3,(H2,26,28)(H,27,33). The number of fused-ring (bicyclic) bond motifs is 3. The van der Waals surface area contributed by atoms with Crippen molar-refractivity contribution in [1.82, 2.24) is 19.9 Å². The van der Waals surface area contributed by atoms with Gasteiger partial charge in [0.25, 0.3) is 0 Å². The highest BCUT2D eigenvalue weighted by Crippen LogP contribution is 2.32. The fourth-order valence-electron chi connectivity index (χ4n) is 3.93. The van der Waals surface area contributed by atoms with Gasteiger partial charge >= 0.3 is 0 Å². The molecule has 0 radical (unpaired) electrons. The van der Waals surface area contributed by atoms with Gasteiger partial charge in [0.2, 0.25) is 5.91 Å². The van der Waals surface area contributed by atoms with Gasteiger partial charge < -0.3 is 25.8 Å². The second-order valence-corrected chi connectivity index (χ2v) is 8.25. The number of pyridine rings is 1. The Morgan fingerprint density at radius 2 is 2.00 bits per heavy atom. The number of carbonyl (C=O) groups is 1. The van der Waals surface area contributed by atoms with Crippen molar-refractivity contribution >= 4 is 45.3 Å². The van der Waals surface area contributed by atoms with Crippen molar-refractivity contribution < 1.29 is 15.0 Å². The predicted octanol–water partition coefficient (Wildman–Crippen LogP) is 3.82. The highest BCUT2D eigenvalue weighted by atomic mass is 35.5. The molecule has 0 bridgehead atoms. The second kappa shape index (κ2) is 9.54. The minimum absolute atomic E-state index is 0.0747. The van der Waals surface area contributed by atoms with E-state index >= 15 is 0 Å². The van der Waals surface area contributed by atoms with E-state index in [0.717, 1.165) is 41.6 Å². The first-order chi connectivity index (χ1) is 15.9. The van der Waals surface area contributed by atoms with Crippen LogP contribution < -0.4 is 11.1 Å². The van der Waals surface area contributed by atoms with Crippen LogP contribution in [0.4, 0.5) is 5.82 Å². The van der Waals surface area contributed by atoms with Crippen LogP contribution in [-0.2, 0) is 24.3 Å². The molecule has 4 rings (SSSR count). The van der Waals surface area contributed by atoms with E-state index in [4.69, 9.17) is 22.3 Å². The molecular weight excluding hydrogens is 442 g/mol. The number of phenolic OH excluding ortho intramolecular Hbond substituents is 2. The van der Waals surface area contributed by atoms with E-state index in [1.165, 1.54) is 12.1 Å². The molecule has 2 aromatic carbocycles. The van der Waals surface area contributed by atoms with Gasteiger partial charge in [-0.3, -0.25) is 4.79 Å². The number of nitrogens with one attached hydrogen (secondary N) is 1. The third kappa shape index (κ3) is 4.66. The molecule has 4 aromatic rings. The van der Waals surface area contributed by atoms with Crippen molar-refractivity contribution in [3.05, 3.63) is 53.3 Å². The molecule has 9 heteroatoms. The summed E-state index contributed by atoms with van der Waals surface area (Å²) < 4.78 is 2.03.